The van der Waals surface area contributed by atoms with Crippen LogP contribution in [0.2, 0.25) is 0 Å². The summed E-state index contributed by atoms with van der Waals surface area (Å²) in [5.41, 5.74) is 10.3. The number of carbonyl (C=O) groups is 1. The Balaban J connectivity index is 3.15. The molecule has 0 atom stereocenters. The number of rotatable bonds is 6. The van der Waals surface area contributed by atoms with Crippen molar-refractivity contribution < 1.29 is 21.6 Å². The number of carbonyl (C=O) groups excluding carboxylic acids is 1. The number of amides is 1. The van der Waals surface area contributed by atoms with E-state index >= 15 is 0 Å². The van der Waals surface area contributed by atoms with Gasteiger partial charge in [0.15, 0.2) is 9.84 Å². The number of nitrogen functional groups attached to an aromatic ring is 1. The molecule has 20 heavy (non-hydrogen) atoms. The fourth-order valence-electron chi connectivity index (χ4n) is 1.36. The van der Waals surface area contributed by atoms with Crippen molar-refractivity contribution in [1.82, 2.24) is 4.72 Å². The summed E-state index contributed by atoms with van der Waals surface area (Å²) in [6.07, 6.45) is 0.778. The highest BCUT2D eigenvalue weighted by molar-refractivity contribution is 7.91. The van der Waals surface area contributed by atoms with Crippen molar-refractivity contribution in [3.05, 3.63) is 18.2 Å². The third-order valence-corrected chi connectivity index (χ3v) is 4.99. The molecule has 5 N–H and O–H groups in total. The smallest absolute Gasteiger partial charge is 0.242 e. The summed E-state index contributed by atoms with van der Waals surface area (Å²) in [6, 6.07) is 3.38. The second kappa shape index (κ2) is 5.77. The Bertz CT molecular complexity index is 725. The minimum absolute atomic E-state index is 0.0935. The molecule has 1 rings (SSSR count). The van der Waals surface area contributed by atoms with Crippen molar-refractivity contribution >= 4 is 31.5 Å². The van der Waals surface area contributed by atoms with E-state index in [1.165, 1.54) is 12.1 Å². The van der Waals surface area contributed by atoms with Gasteiger partial charge in [0.2, 0.25) is 15.9 Å². The predicted molar refractivity (Wildman–Crippen MR) is 73.0 cm³/mol. The summed E-state index contributed by atoms with van der Waals surface area (Å²) in [6.45, 7) is -0.194. The molecule has 0 spiro atoms. The van der Waals surface area contributed by atoms with Gasteiger partial charge < -0.3 is 11.5 Å². The number of sulfone groups is 1. The SMILES string of the molecule is CS(=O)(=O)c1ccc(N)c(S(=O)(=O)NCCC(N)=O)c1. The molecule has 0 bridgehead atoms. The lowest BCUT2D eigenvalue weighted by Crippen LogP contribution is -2.28. The summed E-state index contributed by atoms with van der Waals surface area (Å²) >= 11 is 0. The highest BCUT2D eigenvalue weighted by Gasteiger charge is 2.20. The zero-order chi connectivity index (χ0) is 15.6. The maximum absolute atomic E-state index is 12.0. The molecule has 0 saturated carbocycles. The number of sulfonamides is 1. The van der Waals surface area contributed by atoms with Crippen LogP contribution >= 0.6 is 0 Å². The maximum Gasteiger partial charge on any atom is 0.242 e. The van der Waals surface area contributed by atoms with Crippen molar-refractivity contribution in [3.8, 4) is 0 Å². The van der Waals surface area contributed by atoms with E-state index < -0.39 is 25.8 Å². The topological polar surface area (TPSA) is 149 Å². The van der Waals surface area contributed by atoms with Crippen LogP contribution in [0.25, 0.3) is 0 Å². The third-order valence-electron chi connectivity index (χ3n) is 2.37. The van der Waals surface area contributed by atoms with Crippen LogP contribution in [0.4, 0.5) is 5.69 Å². The van der Waals surface area contributed by atoms with Gasteiger partial charge >= 0.3 is 0 Å². The van der Waals surface area contributed by atoms with Crippen molar-refractivity contribution in [2.45, 2.75) is 16.2 Å². The maximum atomic E-state index is 12.0. The molecular weight excluding hydrogens is 306 g/mol. The average molecular weight is 321 g/mol. The van der Waals surface area contributed by atoms with Crippen LogP contribution < -0.4 is 16.2 Å². The van der Waals surface area contributed by atoms with E-state index in [4.69, 9.17) is 11.5 Å². The van der Waals surface area contributed by atoms with Crippen molar-refractivity contribution in [2.75, 3.05) is 18.5 Å². The van der Waals surface area contributed by atoms with Gasteiger partial charge in [-0.25, -0.2) is 21.6 Å². The van der Waals surface area contributed by atoms with Gasteiger partial charge in [-0.05, 0) is 18.2 Å². The van der Waals surface area contributed by atoms with E-state index in [9.17, 15) is 21.6 Å². The molecule has 112 valence electrons. The molecule has 0 aliphatic rings. The summed E-state index contributed by atoms with van der Waals surface area (Å²) in [5, 5.41) is 0. The number of anilines is 1. The lowest BCUT2D eigenvalue weighted by atomic mass is 10.3. The number of nitrogens with one attached hydrogen (secondary N) is 1. The van der Waals surface area contributed by atoms with Crippen LogP contribution in [-0.2, 0) is 24.7 Å². The van der Waals surface area contributed by atoms with E-state index in [0.717, 1.165) is 12.3 Å². The van der Waals surface area contributed by atoms with Crippen LogP contribution in [0.15, 0.2) is 28.0 Å². The van der Waals surface area contributed by atoms with Gasteiger partial charge in [0.1, 0.15) is 4.90 Å². The molecular formula is C10H15N3O5S2. The minimum atomic E-state index is -4.02. The highest BCUT2D eigenvalue weighted by Crippen LogP contribution is 2.22. The van der Waals surface area contributed by atoms with Gasteiger partial charge in [-0.3, -0.25) is 4.79 Å². The first kappa shape index (κ1) is 16.4. The number of primary amides is 1. The van der Waals surface area contributed by atoms with E-state index in [1.807, 2.05) is 0 Å². The van der Waals surface area contributed by atoms with E-state index in [2.05, 4.69) is 4.72 Å². The van der Waals surface area contributed by atoms with Crippen LogP contribution in [-0.4, -0.2) is 35.5 Å². The molecule has 0 radical (unpaired) electrons. The monoisotopic (exact) mass is 321 g/mol. The van der Waals surface area contributed by atoms with Crippen molar-refractivity contribution in [1.29, 1.82) is 0 Å². The van der Waals surface area contributed by atoms with Gasteiger partial charge in [0, 0.05) is 19.2 Å². The number of hydrogen-bond acceptors (Lipinski definition) is 6. The molecule has 0 fully saturated rings. The lowest BCUT2D eigenvalue weighted by Gasteiger charge is -2.10. The first-order valence-corrected chi connectivity index (χ1v) is 8.79. The Morgan fingerprint density at radius 3 is 2.35 bits per heavy atom. The molecule has 1 aromatic rings. The normalized spacial score (nSPS) is 12.2. The minimum Gasteiger partial charge on any atom is -0.398 e. The summed E-state index contributed by atoms with van der Waals surface area (Å²) in [5.74, 6) is -0.662. The molecule has 1 amide bonds. The van der Waals surface area contributed by atoms with Crippen LogP contribution in [0, 0.1) is 0 Å². The molecule has 0 heterocycles. The molecule has 0 unspecified atom stereocenters. The Morgan fingerprint density at radius 1 is 1.25 bits per heavy atom. The third kappa shape index (κ3) is 4.18. The quantitative estimate of drug-likeness (QED) is 0.562. The largest absolute Gasteiger partial charge is 0.398 e. The van der Waals surface area contributed by atoms with Gasteiger partial charge in [-0.15, -0.1) is 0 Å². The van der Waals surface area contributed by atoms with Gasteiger partial charge in [-0.2, -0.15) is 0 Å². The Kier molecular flexibility index (Phi) is 4.73. The van der Waals surface area contributed by atoms with Crippen LogP contribution in [0.5, 0.6) is 0 Å². The van der Waals surface area contributed by atoms with E-state index in [-0.39, 0.29) is 28.4 Å². The fraction of sp³-hybridized carbons (Fsp3) is 0.300. The van der Waals surface area contributed by atoms with Crippen molar-refractivity contribution in [3.63, 3.8) is 0 Å². The lowest BCUT2D eigenvalue weighted by molar-refractivity contribution is -0.117. The zero-order valence-electron chi connectivity index (χ0n) is 10.7. The molecule has 10 heteroatoms. The van der Waals surface area contributed by atoms with Gasteiger partial charge in [-0.1, -0.05) is 0 Å². The predicted octanol–water partition coefficient (Wildman–Crippen LogP) is -1.17. The van der Waals surface area contributed by atoms with E-state index in [1.54, 1.807) is 0 Å². The number of nitrogens with two attached hydrogens (primary N) is 2. The number of hydrogen-bond donors (Lipinski definition) is 3. The summed E-state index contributed by atoms with van der Waals surface area (Å²) in [7, 11) is -7.57. The number of benzene rings is 1. The second-order valence-electron chi connectivity index (χ2n) is 4.09. The molecule has 0 saturated heterocycles. The Morgan fingerprint density at radius 2 is 1.85 bits per heavy atom. The van der Waals surface area contributed by atoms with Crippen molar-refractivity contribution in [2.24, 2.45) is 5.73 Å². The van der Waals surface area contributed by atoms with Crippen LogP contribution in [0.1, 0.15) is 6.42 Å². The Labute approximate surface area is 117 Å². The molecule has 8 nitrogen and oxygen atoms in total. The molecule has 0 aliphatic carbocycles. The fourth-order valence-corrected chi connectivity index (χ4v) is 3.27. The zero-order valence-corrected chi connectivity index (χ0v) is 12.3. The summed E-state index contributed by atoms with van der Waals surface area (Å²) in [4.78, 5) is 10.0. The molecule has 1 aromatic carbocycles. The first-order chi connectivity index (χ1) is 9.04. The second-order valence-corrected chi connectivity index (χ2v) is 7.84. The molecule has 0 aliphatic heterocycles. The standard InChI is InChI=1S/C10H15N3O5S2/c1-19(15,16)7-2-3-8(11)9(6-7)20(17,18)13-5-4-10(12)14/h2-3,6,13H,4-5,11H2,1H3,(H2,12,14). The van der Waals surface area contributed by atoms with Gasteiger partial charge in [0.05, 0.1) is 10.6 Å². The molecule has 0 aromatic heterocycles. The van der Waals surface area contributed by atoms with Crippen LogP contribution in [0.3, 0.4) is 0 Å². The Hall–Kier alpha value is -1.65. The summed E-state index contributed by atoms with van der Waals surface area (Å²) < 4.78 is 48.9. The van der Waals surface area contributed by atoms with Gasteiger partial charge in [0.25, 0.3) is 0 Å². The average Bonchev–Trinajstić information content (AvgIpc) is 2.26. The first-order valence-electron chi connectivity index (χ1n) is 5.41. The highest BCUT2D eigenvalue weighted by atomic mass is 32.2. The van der Waals surface area contributed by atoms with E-state index in [0.29, 0.717) is 0 Å².